The van der Waals surface area contributed by atoms with Gasteiger partial charge in [0.15, 0.2) is 0 Å². The largest absolute Gasteiger partial charge is 0.445 e. The second-order valence-electron chi connectivity index (χ2n) is 4.76. The molecular formula is C15H16N2O3. The van der Waals surface area contributed by atoms with Crippen molar-refractivity contribution in [1.29, 1.82) is 5.26 Å². The lowest BCUT2D eigenvalue weighted by Crippen LogP contribution is -2.44. The third-order valence-electron chi connectivity index (χ3n) is 3.33. The number of Topliss-reactive ketones (excluding diaryl/α,β-unsaturated/α-hetero) is 1. The molecule has 1 aliphatic rings. The van der Waals surface area contributed by atoms with Crippen LogP contribution < -0.4 is 0 Å². The highest BCUT2D eigenvalue weighted by atomic mass is 16.6. The molecule has 0 N–H and O–H groups in total. The van der Waals surface area contributed by atoms with Crippen LogP contribution >= 0.6 is 0 Å². The average molecular weight is 272 g/mol. The Labute approximate surface area is 117 Å². The van der Waals surface area contributed by atoms with Gasteiger partial charge in [-0.15, -0.1) is 0 Å². The van der Waals surface area contributed by atoms with Crippen molar-refractivity contribution >= 4 is 11.9 Å². The highest BCUT2D eigenvalue weighted by Gasteiger charge is 2.30. The van der Waals surface area contributed by atoms with Gasteiger partial charge in [-0.3, -0.25) is 4.79 Å². The van der Waals surface area contributed by atoms with E-state index in [2.05, 4.69) is 0 Å². The summed E-state index contributed by atoms with van der Waals surface area (Å²) in [6.07, 6.45) is 0.0259. The molecule has 5 nitrogen and oxygen atoms in total. The van der Waals surface area contributed by atoms with E-state index in [0.29, 0.717) is 13.0 Å². The summed E-state index contributed by atoms with van der Waals surface area (Å²) in [4.78, 5) is 25.0. The van der Waals surface area contributed by atoms with Crippen molar-refractivity contribution in [3.63, 3.8) is 0 Å². The van der Waals surface area contributed by atoms with Crippen LogP contribution in [0.25, 0.3) is 0 Å². The Bertz CT molecular complexity index is 522. The second kappa shape index (κ2) is 6.71. The predicted octanol–water partition coefficient (Wildman–Crippen LogP) is 2.13. The normalized spacial score (nSPS) is 18.4. The molecule has 0 saturated carbocycles. The molecule has 1 aliphatic heterocycles. The third-order valence-corrected chi connectivity index (χ3v) is 3.33. The van der Waals surface area contributed by atoms with Crippen molar-refractivity contribution in [1.82, 2.24) is 4.90 Å². The van der Waals surface area contributed by atoms with Crippen LogP contribution in [0.3, 0.4) is 0 Å². The molecular weight excluding hydrogens is 256 g/mol. The highest BCUT2D eigenvalue weighted by molar-refractivity contribution is 5.84. The van der Waals surface area contributed by atoms with Gasteiger partial charge in [0.2, 0.25) is 0 Å². The number of carbonyl (C=O) groups is 2. The number of nitrogens with zero attached hydrogens (tertiary/aromatic N) is 2. The molecule has 1 aromatic carbocycles. The number of ketones is 1. The van der Waals surface area contributed by atoms with E-state index in [-0.39, 0.29) is 31.3 Å². The fraction of sp³-hybridized carbons (Fsp3) is 0.400. The second-order valence-corrected chi connectivity index (χ2v) is 4.76. The summed E-state index contributed by atoms with van der Waals surface area (Å²) < 4.78 is 5.22. The smallest absolute Gasteiger partial charge is 0.410 e. The van der Waals surface area contributed by atoms with Gasteiger partial charge in [-0.1, -0.05) is 30.3 Å². The fourth-order valence-electron chi connectivity index (χ4n) is 2.17. The standard InChI is InChI=1S/C15H16N2O3/c16-8-6-13-10-17(9-7-14(13)18)15(19)20-11-12-4-2-1-3-5-12/h1-5,13H,6-7,9-11H2. The highest BCUT2D eigenvalue weighted by Crippen LogP contribution is 2.17. The Morgan fingerprint density at radius 2 is 2.15 bits per heavy atom. The molecule has 104 valence electrons. The number of benzene rings is 1. The summed E-state index contributed by atoms with van der Waals surface area (Å²) >= 11 is 0. The number of carbonyl (C=O) groups excluding carboxylic acids is 2. The topological polar surface area (TPSA) is 70.4 Å². The quantitative estimate of drug-likeness (QED) is 0.845. The minimum Gasteiger partial charge on any atom is -0.445 e. The predicted molar refractivity (Wildman–Crippen MR) is 71.5 cm³/mol. The number of likely N-dealkylation sites (tertiary alicyclic amines) is 1. The zero-order valence-electron chi connectivity index (χ0n) is 11.1. The Balaban J connectivity index is 1.86. The van der Waals surface area contributed by atoms with Crippen molar-refractivity contribution in [2.75, 3.05) is 13.1 Å². The maximum Gasteiger partial charge on any atom is 0.410 e. The summed E-state index contributed by atoms with van der Waals surface area (Å²) in [7, 11) is 0. The average Bonchev–Trinajstić information content (AvgIpc) is 2.48. The van der Waals surface area contributed by atoms with Gasteiger partial charge in [0.25, 0.3) is 0 Å². The van der Waals surface area contributed by atoms with E-state index in [1.54, 1.807) is 0 Å². The number of hydrogen-bond acceptors (Lipinski definition) is 4. The minimum absolute atomic E-state index is 0.0543. The Morgan fingerprint density at radius 1 is 1.40 bits per heavy atom. The van der Waals surface area contributed by atoms with E-state index in [9.17, 15) is 9.59 Å². The number of hydrogen-bond donors (Lipinski definition) is 0. The van der Waals surface area contributed by atoms with Crippen LogP contribution in [0.1, 0.15) is 18.4 Å². The van der Waals surface area contributed by atoms with E-state index in [1.807, 2.05) is 36.4 Å². The van der Waals surface area contributed by atoms with Crippen LogP contribution in [0, 0.1) is 17.2 Å². The SMILES string of the molecule is N#CCC1CN(C(=O)OCc2ccccc2)CCC1=O. The maximum absolute atomic E-state index is 11.9. The van der Waals surface area contributed by atoms with Gasteiger partial charge in [-0.25, -0.2) is 4.79 Å². The fourth-order valence-corrected chi connectivity index (χ4v) is 2.17. The van der Waals surface area contributed by atoms with Crippen LogP contribution in [-0.4, -0.2) is 29.9 Å². The number of amides is 1. The molecule has 1 saturated heterocycles. The van der Waals surface area contributed by atoms with Crippen molar-refractivity contribution in [3.8, 4) is 6.07 Å². The van der Waals surface area contributed by atoms with E-state index >= 15 is 0 Å². The van der Waals surface area contributed by atoms with Crippen LogP contribution in [0.5, 0.6) is 0 Å². The molecule has 0 bridgehead atoms. The van der Waals surface area contributed by atoms with Gasteiger partial charge in [0, 0.05) is 31.8 Å². The monoisotopic (exact) mass is 272 g/mol. The van der Waals surface area contributed by atoms with Gasteiger partial charge in [0.1, 0.15) is 12.4 Å². The number of nitriles is 1. The molecule has 5 heteroatoms. The van der Waals surface area contributed by atoms with Gasteiger partial charge in [-0.05, 0) is 5.56 Å². The Kier molecular flexibility index (Phi) is 4.72. The van der Waals surface area contributed by atoms with Gasteiger partial charge in [0.05, 0.1) is 6.07 Å². The van der Waals surface area contributed by atoms with Gasteiger partial charge >= 0.3 is 6.09 Å². The molecule has 0 spiro atoms. The molecule has 0 radical (unpaired) electrons. The van der Waals surface area contributed by atoms with Crippen LogP contribution in [0.2, 0.25) is 0 Å². The van der Waals surface area contributed by atoms with E-state index < -0.39 is 6.09 Å². The van der Waals surface area contributed by atoms with Gasteiger partial charge in [-0.2, -0.15) is 5.26 Å². The lowest BCUT2D eigenvalue weighted by molar-refractivity contribution is -0.125. The zero-order chi connectivity index (χ0) is 14.4. The first-order valence-corrected chi connectivity index (χ1v) is 6.56. The first-order chi connectivity index (χ1) is 9.70. The van der Waals surface area contributed by atoms with Gasteiger partial charge < -0.3 is 9.64 Å². The van der Waals surface area contributed by atoms with Crippen molar-refractivity contribution in [2.45, 2.75) is 19.4 Å². The summed E-state index contributed by atoms with van der Waals surface area (Å²) in [6, 6.07) is 11.4. The molecule has 2 rings (SSSR count). The van der Waals surface area contributed by atoms with Crippen LogP contribution in [-0.2, 0) is 16.1 Å². The molecule has 1 fully saturated rings. The molecule has 0 aliphatic carbocycles. The summed E-state index contributed by atoms with van der Waals surface area (Å²) in [5.74, 6) is -0.323. The van der Waals surface area contributed by atoms with Crippen LogP contribution in [0.15, 0.2) is 30.3 Å². The van der Waals surface area contributed by atoms with Crippen LogP contribution in [0.4, 0.5) is 4.79 Å². The first-order valence-electron chi connectivity index (χ1n) is 6.56. The molecule has 1 aromatic rings. The third kappa shape index (κ3) is 3.58. The van der Waals surface area contributed by atoms with Crippen molar-refractivity contribution in [2.24, 2.45) is 5.92 Å². The number of piperidine rings is 1. The summed E-state index contributed by atoms with van der Waals surface area (Å²) in [5, 5.41) is 8.68. The Hall–Kier alpha value is -2.35. The first kappa shape index (κ1) is 14.1. The molecule has 1 amide bonds. The number of ether oxygens (including phenoxy) is 1. The van der Waals surface area contributed by atoms with Crippen molar-refractivity contribution in [3.05, 3.63) is 35.9 Å². The lowest BCUT2D eigenvalue weighted by Gasteiger charge is -2.30. The minimum atomic E-state index is -0.427. The number of rotatable bonds is 3. The molecule has 1 atom stereocenters. The summed E-state index contributed by atoms with van der Waals surface area (Å²) in [5.41, 5.74) is 0.919. The van der Waals surface area contributed by atoms with Crippen molar-refractivity contribution < 1.29 is 14.3 Å². The Morgan fingerprint density at radius 3 is 2.85 bits per heavy atom. The summed E-state index contributed by atoms with van der Waals surface area (Å²) in [6.45, 7) is 0.863. The van der Waals surface area contributed by atoms with E-state index in [4.69, 9.17) is 10.00 Å². The van der Waals surface area contributed by atoms with E-state index in [1.165, 1.54) is 4.90 Å². The molecule has 0 aromatic heterocycles. The zero-order valence-corrected chi connectivity index (χ0v) is 11.1. The molecule has 20 heavy (non-hydrogen) atoms. The maximum atomic E-state index is 11.9. The lowest BCUT2D eigenvalue weighted by atomic mass is 9.94. The van der Waals surface area contributed by atoms with E-state index in [0.717, 1.165) is 5.56 Å². The molecule has 1 heterocycles. The molecule has 1 unspecified atom stereocenters.